The molecule has 1 N–H and O–H groups in total. The van der Waals surface area contributed by atoms with Crippen molar-refractivity contribution >= 4 is 23.8 Å². The zero-order valence-corrected chi connectivity index (χ0v) is 13.5. The molecular weight excluding hydrogens is 328 g/mol. The summed E-state index contributed by atoms with van der Waals surface area (Å²) in [6.45, 7) is 2.32. The number of carbonyl (C=O) groups excluding carboxylic acids is 4. The Hall–Kier alpha value is -3.39. The van der Waals surface area contributed by atoms with E-state index in [9.17, 15) is 19.2 Å². The van der Waals surface area contributed by atoms with Crippen molar-refractivity contribution in [3.8, 4) is 0 Å². The number of imide groups is 1. The van der Waals surface area contributed by atoms with E-state index in [1.807, 2.05) is 0 Å². The Morgan fingerprint density at radius 2 is 1.92 bits per heavy atom. The number of carbonyl (C=O) groups is 4. The standard InChI is InChI=1S/C15H16N6O4/c1-2-20-8-9-21(14(24)13(20)23)15(25)17-11(12(22)18-19-16)10-6-4-3-5-7-10/h3-7,11H,2,8-9H2,1H3,(H,17,25). The van der Waals surface area contributed by atoms with Crippen molar-refractivity contribution in [1.82, 2.24) is 15.1 Å². The van der Waals surface area contributed by atoms with Crippen LogP contribution in [0.3, 0.4) is 0 Å². The van der Waals surface area contributed by atoms with Gasteiger partial charge < -0.3 is 10.2 Å². The van der Waals surface area contributed by atoms with Crippen molar-refractivity contribution in [2.45, 2.75) is 13.0 Å². The quantitative estimate of drug-likeness (QED) is 0.376. The lowest BCUT2D eigenvalue weighted by Crippen LogP contribution is -2.58. The van der Waals surface area contributed by atoms with Crippen molar-refractivity contribution in [1.29, 1.82) is 0 Å². The summed E-state index contributed by atoms with van der Waals surface area (Å²) in [7, 11) is 0. The summed E-state index contributed by atoms with van der Waals surface area (Å²) in [4.78, 5) is 52.8. The van der Waals surface area contributed by atoms with Gasteiger partial charge in [-0.25, -0.2) is 4.79 Å². The van der Waals surface area contributed by atoms with Gasteiger partial charge in [-0.3, -0.25) is 19.3 Å². The lowest BCUT2D eigenvalue weighted by Gasteiger charge is -2.32. The summed E-state index contributed by atoms with van der Waals surface area (Å²) in [6.07, 6.45) is 0. The van der Waals surface area contributed by atoms with Gasteiger partial charge in [0.1, 0.15) is 6.04 Å². The van der Waals surface area contributed by atoms with Gasteiger partial charge in [0.05, 0.1) is 0 Å². The molecule has 1 aliphatic heterocycles. The van der Waals surface area contributed by atoms with Gasteiger partial charge in [0, 0.05) is 24.5 Å². The Kier molecular flexibility index (Phi) is 5.70. The van der Waals surface area contributed by atoms with Crippen molar-refractivity contribution < 1.29 is 19.2 Å². The molecule has 1 heterocycles. The predicted molar refractivity (Wildman–Crippen MR) is 85.8 cm³/mol. The number of hydrogen-bond donors (Lipinski definition) is 1. The van der Waals surface area contributed by atoms with Gasteiger partial charge in [-0.15, -0.1) is 0 Å². The maximum atomic E-state index is 12.4. The van der Waals surface area contributed by atoms with Crippen LogP contribution >= 0.6 is 0 Å². The first kappa shape index (κ1) is 18.0. The number of azide groups is 1. The molecule has 0 aromatic heterocycles. The SMILES string of the molecule is CCN1CCN(C(=O)NC(C(=O)N=[N+]=[N-])c2ccccc2)C(=O)C1=O. The Bertz CT molecular complexity index is 744. The molecule has 1 saturated heterocycles. The van der Waals surface area contributed by atoms with E-state index >= 15 is 0 Å². The van der Waals surface area contributed by atoms with Crippen LogP contribution in [0, 0.1) is 0 Å². The monoisotopic (exact) mass is 344 g/mol. The van der Waals surface area contributed by atoms with Crippen LogP contribution in [-0.4, -0.2) is 53.2 Å². The van der Waals surface area contributed by atoms with Crippen LogP contribution in [0.15, 0.2) is 35.4 Å². The first-order valence-corrected chi connectivity index (χ1v) is 7.54. The number of nitrogens with zero attached hydrogens (tertiary/aromatic N) is 5. The zero-order chi connectivity index (χ0) is 18.4. The van der Waals surface area contributed by atoms with Gasteiger partial charge in [0.25, 0.3) is 0 Å². The minimum Gasteiger partial charge on any atom is -0.333 e. The first-order valence-electron chi connectivity index (χ1n) is 7.54. The molecule has 130 valence electrons. The van der Waals surface area contributed by atoms with Crippen LogP contribution in [0.5, 0.6) is 0 Å². The molecule has 10 nitrogen and oxygen atoms in total. The number of piperazine rings is 1. The third-order valence-corrected chi connectivity index (χ3v) is 3.73. The number of likely N-dealkylation sites (N-methyl/N-ethyl adjacent to an activating group) is 1. The fourth-order valence-electron chi connectivity index (χ4n) is 2.41. The average molecular weight is 344 g/mol. The summed E-state index contributed by atoms with van der Waals surface area (Å²) >= 11 is 0. The number of benzene rings is 1. The van der Waals surface area contributed by atoms with Crippen molar-refractivity contribution in [3.63, 3.8) is 0 Å². The molecule has 1 atom stereocenters. The fourth-order valence-corrected chi connectivity index (χ4v) is 2.41. The summed E-state index contributed by atoms with van der Waals surface area (Å²) in [5, 5.41) is 5.36. The Morgan fingerprint density at radius 3 is 2.52 bits per heavy atom. The third-order valence-electron chi connectivity index (χ3n) is 3.73. The van der Waals surface area contributed by atoms with Gasteiger partial charge in [0.15, 0.2) is 0 Å². The van der Waals surface area contributed by atoms with E-state index < -0.39 is 29.8 Å². The molecule has 1 aromatic carbocycles. The molecule has 0 bridgehead atoms. The molecule has 1 aliphatic rings. The molecule has 0 radical (unpaired) electrons. The lowest BCUT2D eigenvalue weighted by atomic mass is 10.1. The van der Waals surface area contributed by atoms with Crippen molar-refractivity contribution in [3.05, 3.63) is 46.3 Å². The summed E-state index contributed by atoms with van der Waals surface area (Å²) in [5.41, 5.74) is 8.85. The maximum absolute atomic E-state index is 12.4. The molecular formula is C15H16N6O4. The van der Waals surface area contributed by atoms with E-state index in [2.05, 4.69) is 15.3 Å². The smallest absolute Gasteiger partial charge is 0.325 e. The largest absolute Gasteiger partial charge is 0.333 e. The highest BCUT2D eigenvalue weighted by Gasteiger charge is 2.36. The van der Waals surface area contributed by atoms with Gasteiger partial charge in [-0.05, 0) is 23.1 Å². The van der Waals surface area contributed by atoms with Crippen LogP contribution < -0.4 is 5.32 Å². The molecule has 1 fully saturated rings. The molecule has 0 spiro atoms. The zero-order valence-electron chi connectivity index (χ0n) is 13.5. The highest BCUT2D eigenvalue weighted by atomic mass is 16.2. The number of urea groups is 1. The van der Waals surface area contributed by atoms with Crippen LogP contribution in [-0.2, 0) is 14.4 Å². The van der Waals surface area contributed by atoms with E-state index in [0.717, 1.165) is 4.90 Å². The molecule has 0 saturated carbocycles. The summed E-state index contributed by atoms with van der Waals surface area (Å²) in [5.74, 6) is -2.66. The van der Waals surface area contributed by atoms with E-state index in [4.69, 9.17) is 5.53 Å². The molecule has 2 rings (SSSR count). The van der Waals surface area contributed by atoms with Crippen LogP contribution in [0.4, 0.5) is 4.79 Å². The second kappa shape index (κ2) is 7.93. The molecule has 1 unspecified atom stereocenters. The molecule has 5 amide bonds. The Morgan fingerprint density at radius 1 is 1.24 bits per heavy atom. The Balaban J connectivity index is 2.20. The summed E-state index contributed by atoms with van der Waals surface area (Å²) in [6, 6.07) is 5.99. The van der Waals surface area contributed by atoms with Gasteiger partial charge in [-0.1, -0.05) is 30.3 Å². The predicted octanol–water partition coefficient (Wildman–Crippen LogP) is 0.965. The van der Waals surface area contributed by atoms with E-state index in [1.165, 1.54) is 4.90 Å². The molecule has 1 aromatic rings. The van der Waals surface area contributed by atoms with E-state index in [1.54, 1.807) is 37.3 Å². The second-order valence-corrected chi connectivity index (χ2v) is 5.16. The van der Waals surface area contributed by atoms with Crippen LogP contribution in [0.2, 0.25) is 0 Å². The molecule has 10 heteroatoms. The molecule has 25 heavy (non-hydrogen) atoms. The van der Waals surface area contributed by atoms with E-state index in [0.29, 0.717) is 12.1 Å². The van der Waals surface area contributed by atoms with Crippen LogP contribution in [0.1, 0.15) is 18.5 Å². The highest BCUT2D eigenvalue weighted by Crippen LogP contribution is 2.16. The third kappa shape index (κ3) is 3.93. The lowest BCUT2D eigenvalue weighted by molar-refractivity contribution is -0.153. The first-order chi connectivity index (χ1) is 12.0. The normalized spacial score (nSPS) is 15.4. The highest BCUT2D eigenvalue weighted by molar-refractivity contribution is 6.38. The summed E-state index contributed by atoms with van der Waals surface area (Å²) < 4.78 is 0. The number of hydrogen-bond acceptors (Lipinski definition) is 4. The minimum absolute atomic E-state index is 0.0153. The maximum Gasteiger partial charge on any atom is 0.325 e. The average Bonchev–Trinajstić information content (AvgIpc) is 2.62. The van der Waals surface area contributed by atoms with Gasteiger partial charge in [-0.2, -0.15) is 0 Å². The Labute approximate surface area is 143 Å². The van der Waals surface area contributed by atoms with Crippen LogP contribution in [0.25, 0.3) is 10.4 Å². The number of rotatable bonds is 4. The minimum atomic E-state index is -1.25. The van der Waals surface area contributed by atoms with Crippen molar-refractivity contribution in [2.24, 2.45) is 5.11 Å². The topological polar surface area (TPSA) is 136 Å². The second-order valence-electron chi connectivity index (χ2n) is 5.16. The number of nitrogens with one attached hydrogen (secondary N) is 1. The fraction of sp³-hybridized carbons (Fsp3) is 0.333. The number of amides is 5. The van der Waals surface area contributed by atoms with Gasteiger partial charge >= 0.3 is 17.8 Å². The molecule has 0 aliphatic carbocycles. The van der Waals surface area contributed by atoms with E-state index in [-0.39, 0.29) is 13.1 Å². The van der Waals surface area contributed by atoms with Crippen molar-refractivity contribution in [2.75, 3.05) is 19.6 Å². The van der Waals surface area contributed by atoms with Gasteiger partial charge in [0.2, 0.25) is 5.91 Å².